The zero-order chi connectivity index (χ0) is 21.3. The lowest BCUT2D eigenvalue weighted by Gasteiger charge is -2.26. The number of carbonyl (C=O) groups is 3. The van der Waals surface area contributed by atoms with Crippen molar-refractivity contribution in [3.05, 3.63) is 94.3 Å². The Hall–Kier alpha value is -4.53. The van der Waals surface area contributed by atoms with Crippen molar-refractivity contribution in [2.45, 2.75) is 0 Å². The number of nitrogens with zero attached hydrogens (tertiary/aromatic N) is 3. The van der Waals surface area contributed by atoms with E-state index in [0.29, 0.717) is 17.1 Å². The molecule has 1 aliphatic heterocycles. The molecule has 0 unspecified atom stereocenters. The summed E-state index contributed by atoms with van der Waals surface area (Å²) in [4.78, 5) is 49.0. The Balaban J connectivity index is 1.75. The van der Waals surface area contributed by atoms with Gasteiger partial charge in [-0.1, -0.05) is 24.3 Å². The predicted octanol–water partition coefficient (Wildman–Crippen LogP) is 3.05. The van der Waals surface area contributed by atoms with E-state index in [1.807, 2.05) is 0 Å². The maximum atomic E-state index is 12.9. The molecular weight excluding hydrogens is 388 g/mol. The Kier molecular flexibility index (Phi) is 4.69. The molecule has 0 atom stereocenters. The van der Waals surface area contributed by atoms with Crippen LogP contribution in [0.4, 0.5) is 16.2 Å². The molecule has 1 saturated heterocycles. The van der Waals surface area contributed by atoms with Crippen LogP contribution in [-0.4, -0.2) is 27.3 Å². The Morgan fingerprint density at radius 3 is 2.37 bits per heavy atom. The highest BCUT2D eigenvalue weighted by molar-refractivity contribution is 6.39. The number of hydrogen-bond donors (Lipinski definition) is 1. The maximum Gasteiger partial charge on any atom is 0.335 e. The molecule has 148 valence electrons. The number of hydrogen-bond acceptors (Lipinski definition) is 5. The van der Waals surface area contributed by atoms with Gasteiger partial charge in [-0.2, -0.15) is 0 Å². The molecule has 0 bridgehead atoms. The van der Waals surface area contributed by atoms with Crippen LogP contribution in [0.2, 0.25) is 0 Å². The van der Waals surface area contributed by atoms with E-state index in [1.165, 1.54) is 18.2 Å². The van der Waals surface area contributed by atoms with Gasteiger partial charge in [0.15, 0.2) is 0 Å². The second-order valence-corrected chi connectivity index (χ2v) is 6.37. The summed E-state index contributed by atoms with van der Waals surface area (Å²) in [6.45, 7) is 0. The van der Waals surface area contributed by atoms with Gasteiger partial charge in [0.1, 0.15) is 5.57 Å². The SMILES string of the molecule is O=C1NC(=O)N(c2ccccc2)C(=O)/C1=C\c1cccn1-c1cccc([N+](=O)[O-])c1. The summed E-state index contributed by atoms with van der Waals surface area (Å²) in [5, 5.41) is 13.2. The van der Waals surface area contributed by atoms with Gasteiger partial charge < -0.3 is 4.57 Å². The van der Waals surface area contributed by atoms with Gasteiger partial charge in [0, 0.05) is 24.0 Å². The first-order chi connectivity index (χ1) is 14.5. The molecule has 4 rings (SSSR count). The molecule has 2 heterocycles. The van der Waals surface area contributed by atoms with Gasteiger partial charge in [0.25, 0.3) is 17.5 Å². The van der Waals surface area contributed by atoms with E-state index < -0.39 is 22.8 Å². The highest BCUT2D eigenvalue weighted by Gasteiger charge is 2.36. The lowest BCUT2D eigenvalue weighted by molar-refractivity contribution is -0.384. The summed E-state index contributed by atoms with van der Waals surface area (Å²) in [6, 6.07) is 16.7. The zero-order valence-corrected chi connectivity index (χ0v) is 15.4. The van der Waals surface area contributed by atoms with Crippen molar-refractivity contribution in [3.63, 3.8) is 0 Å². The van der Waals surface area contributed by atoms with E-state index >= 15 is 0 Å². The van der Waals surface area contributed by atoms with E-state index in [4.69, 9.17) is 0 Å². The number of benzene rings is 2. The highest BCUT2D eigenvalue weighted by Crippen LogP contribution is 2.24. The minimum Gasteiger partial charge on any atom is -0.317 e. The molecule has 1 aliphatic rings. The number of carbonyl (C=O) groups excluding carboxylic acids is 3. The van der Waals surface area contributed by atoms with E-state index in [-0.39, 0.29) is 11.3 Å². The molecule has 0 radical (unpaired) electrons. The molecule has 4 amide bonds. The van der Waals surface area contributed by atoms with Crippen LogP contribution in [0.3, 0.4) is 0 Å². The summed E-state index contributed by atoms with van der Waals surface area (Å²) >= 11 is 0. The minimum absolute atomic E-state index is 0.0906. The number of anilines is 1. The third-order valence-electron chi connectivity index (χ3n) is 4.51. The van der Waals surface area contributed by atoms with Crippen molar-refractivity contribution in [3.8, 4) is 5.69 Å². The summed E-state index contributed by atoms with van der Waals surface area (Å²) in [5.41, 5.74) is 0.931. The van der Waals surface area contributed by atoms with E-state index in [9.17, 15) is 24.5 Å². The number of non-ortho nitro benzene ring substituents is 1. The molecular formula is C21H14N4O5. The average molecular weight is 402 g/mol. The first-order valence-corrected chi connectivity index (χ1v) is 8.84. The smallest absolute Gasteiger partial charge is 0.317 e. The number of imide groups is 2. The van der Waals surface area contributed by atoms with Crippen LogP contribution >= 0.6 is 0 Å². The number of nitrogens with one attached hydrogen (secondary N) is 1. The van der Waals surface area contributed by atoms with Gasteiger partial charge in [-0.15, -0.1) is 0 Å². The summed E-state index contributed by atoms with van der Waals surface area (Å²) < 4.78 is 1.60. The average Bonchev–Trinajstić information content (AvgIpc) is 3.20. The van der Waals surface area contributed by atoms with Crippen LogP contribution in [0, 0.1) is 10.1 Å². The minimum atomic E-state index is -0.831. The fraction of sp³-hybridized carbons (Fsp3) is 0. The summed E-state index contributed by atoms with van der Waals surface area (Å²) in [6.07, 6.45) is 3.00. The molecule has 0 spiro atoms. The van der Waals surface area contributed by atoms with Crippen LogP contribution in [0.15, 0.2) is 78.5 Å². The molecule has 9 heteroatoms. The molecule has 2 aromatic carbocycles. The fourth-order valence-corrected chi connectivity index (χ4v) is 3.12. The molecule has 0 aliphatic carbocycles. The largest absolute Gasteiger partial charge is 0.335 e. The van der Waals surface area contributed by atoms with Crippen LogP contribution in [0.1, 0.15) is 5.69 Å². The first kappa shape index (κ1) is 18.8. The van der Waals surface area contributed by atoms with Crippen LogP contribution < -0.4 is 10.2 Å². The van der Waals surface area contributed by atoms with Crippen molar-refractivity contribution < 1.29 is 19.3 Å². The van der Waals surface area contributed by atoms with Gasteiger partial charge in [-0.3, -0.25) is 25.0 Å². The number of urea groups is 1. The quantitative estimate of drug-likeness (QED) is 0.312. The third-order valence-corrected chi connectivity index (χ3v) is 4.51. The van der Waals surface area contributed by atoms with Crippen molar-refractivity contribution in [1.82, 2.24) is 9.88 Å². The zero-order valence-electron chi connectivity index (χ0n) is 15.4. The van der Waals surface area contributed by atoms with Crippen molar-refractivity contribution in [2.24, 2.45) is 0 Å². The van der Waals surface area contributed by atoms with Crippen LogP contribution in [-0.2, 0) is 9.59 Å². The van der Waals surface area contributed by atoms with E-state index in [2.05, 4.69) is 5.32 Å². The van der Waals surface area contributed by atoms with Crippen LogP contribution in [0.25, 0.3) is 11.8 Å². The molecule has 3 aromatic rings. The monoisotopic (exact) mass is 402 g/mol. The van der Waals surface area contributed by atoms with Crippen molar-refractivity contribution in [2.75, 3.05) is 4.90 Å². The molecule has 30 heavy (non-hydrogen) atoms. The van der Waals surface area contributed by atoms with Crippen LogP contribution in [0.5, 0.6) is 0 Å². The van der Waals surface area contributed by atoms with Gasteiger partial charge in [0.05, 0.1) is 16.3 Å². The highest BCUT2D eigenvalue weighted by atomic mass is 16.6. The second-order valence-electron chi connectivity index (χ2n) is 6.37. The van der Waals surface area contributed by atoms with Crippen molar-refractivity contribution >= 4 is 35.3 Å². The maximum absolute atomic E-state index is 12.9. The first-order valence-electron chi connectivity index (χ1n) is 8.84. The molecule has 0 saturated carbocycles. The molecule has 1 N–H and O–H groups in total. The fourth-order valence-electron chi connectivity index (χ4n) is 3.12. The van der Waals surface area contributed by atoms with Gasteiger partial charge in [-0.25, -0.2) is 9.69 Å². The number of para-hydroxylation sites is 1. The number of barbiturate groups is 1. The summed E-state index contributed by atoms with van der Waals surface area (Å²) in [7, 11) is 0. The Labute approximate surface area is 170 Å². The lowest BCUT2D eigenvalue weighted by atomic mass is 10.1. The molecule has 9 nitrogen and oxygen atoms in total. The Morgan fingerprint density at radius 1 is 0.900 bits per heavy atom. The van der Waals surface area contributed by atoms with E-state index in [0.717, 1.165) is 4.90 Å². The molecule has 1 aromatic heterocycles. The molecule has 1 fully saturated rings. The topological polar surface area (TPSA) is 115 Å². The summed E-state index contributed by atoms with van der Waals surface area (Å²) in [5.74, 6) is -1.58. The number of nitro groups is 1. The number of rotatable bonds is 4. The number of aromatic nitrogens is 1. The van der Waals surface area contributed by atoms with Gasteiger partial charge in [0.2, 0.25) is 0 Å². The number of nitro benzene ring substituents is 1. The van der Waals surface area contributed by atoms with E-state index in [1.54, 1.807) is 65.4 Å². The van der Waals surface area contributed by atoms with Crippen molar-refractivity contribution in [1.29, 1.82) is 0 Å². The predicted molar refractivity (Wildman–Crippen MR) is 108 cm³/mol. The lowest BCUT2D eigenvalue weighted by Crippen LogP contribution is -2.54. The Morgan fingerprint density at radius 2 is 1.63 bits per heavy atom. The Bertz CT molecular complexity index is 1210. The normalized spacial score (nSPS) is 15.4. The standard InChI is InChI=1S/C21H14N4O5/c26-19-18(20(27)24(21(28)22-19)14-6-2-1-3-7-14)13-16-10-5-11-23(16)15-8-4-9-17(12-15)25(29)30/h1-13H,(H,22,26,28)/b18-13-. The number of amides is 4. The van der Waals surface area contributed by atoms with Gasteiger partial charge in [-0.05, 0) is 36.4 Å². The van der Waals surface area contributed by atoms with Gasteiger partial charge >= 0.3 is 6.03 Å². The second kappa shape index (κ2) is 7.47. The third kappa shape index (κ3) is 3.35.